The zero-order chi connectivity index (χ0) is 21.0. The minimum atomic E-state index is -0.705. The summed E-state index contributed by atoms with van der Waals surface area (Å²) in [5.74, 6) is 1.75. The van der Waals surface area contributed by atoms with Gasteiger partial charge in [0.2, 0.25) is 0 Å². The van der Waals surface area contributed by atoms with E-state index in [1.165, 1.54) is 37.7 Å². The van der Waals surface area contributed by atoms with Crippen LogP contribution in [0, 0.1) is 34.5 Å². The summed E-state index contributed by atoms with van der Waals surface area (Å²) >= 11 is 0. The molecule has 3 saturated carbocycles. The van der Waals surface area contributed by atoms with E-state index in [0.29, 0.717) is 23.2 Å². The molecule has 3 heteroatoms. The van der Waals surface area contributed by atoms with Crippen LogP contribution in [0.2, 0.25) is 0 Å². The van der Waals surface area contributed by atoms with Gasteiger partial charge in [0.25, 0.3) is 0 Å². The first kappa shape index (κ1) is 21.8. The second-order valence-electron chi connectivity index (χ2n) is 11.5. The molecule has 29 heavy (non-hydrogen) atoms. The summed E-state index contributed by atoms with van der Waals surface area (Å²) in [5.41, 5.74) is 1.54. The van der Waals surface area contributed by atoms with Crippen LogP contribution in [0.4, 0.5) is 0 Å². The van der Waals surface area contributed by atoms with E-state index in [1.54, 1.807) is 0 Å². The number of hydrogen-bond acceptors (Lipinski definition) is 3. The monoisotopic (exact) mass is 404 g/mol. The number of fused-ring (bicyclic) bond motifs is 5. The van der Waals surface area contributed by atoms with Crippen molar-refractivity contribution in [1.82, 2.24) is 0 Å². The molecule has 166 valence electrons. The second-order valence-corrected chi connectivity index (χ2v) is 11.5. The van der Waals surface area contributed by atoms with Gasteiger partial charge < -0.3 is 14.6 Å². The van der Waals surface area contributed by atoms with Gasteiger partial charge in [-0.15, -0.1) is 0 Å². The number of rotatable bonds is 5. The van der Waals surface area contributed by atoms with Crippen LogP contribution < -0.4 is 0 Å². The highest BCUT2D eigenvalue weighted by molar-refractivity contribution is 5.31. The molecule has 1 N–H and O–H groups in total. The van der Waals surface area contributed by atoms with Gasteiger partial charge in [-0.1, -0.05) is 31.9 Å². The highest BCUT2D eigenvalue weighted by Gasteiger charge is 2.67. The Morgan fingerprint density at radius 2 is 1.69 bits per heavy atom. The van der Waals surface area contributed by atoms with Crippen LogP contribution in [0.1, 0.15) is 92.9 Å². The predicted octanol–water partition coefficient (Wildman–Crippen LogP) is 6.10. The largest absolute Gasteiger partial charge is 0.395 e. The Morgan fingerprint density at radius 3 is 2.31 bits per heavy atom. The van der Waals surface area contributed by atoms with E-state index in [-0.39, 0.29) is 24.2 Å². The molecule has 0 spiro atoms. The van der Waals surface area contributed by atoms with Crippen molar-refractivity contribution in [2.75, 3.05) is 6.61 Å². The number of allylic oxidation sites excluding steroid dienone is 1. The molecule has 0 saturated heterocycles. The molecule has 3 fully saturated rings. The first-order valence-corrected chi connectivity index (χ1v) is 12.4. The lowest BCUT2D eigenvalue weighted by atomic mass is 9.44. The highest BCUT2D eigenvalue weighted by atomic mass is 16.7. The minimum Gasteiger partial charge on any atom is -0.395 e. The third-order valence-corrected chi connectivity index (χ3v) is 9.12. The molecule has 4 aliphatic rings. The molecule has 0 aromatic rings. The predicted molar refractivity (Wildman–Crippen MR) is 117 cm³/mol. The lowest BCUT2D eigenvalue weighted by Crippen LogP contribution is -2.66. The SMILES string of the molecule is CC(C)OC1(OC(C)C)CCCC2=C[C@@H](C)[C@H]3[C@@H]4CCC[C@@]4(C)CC[C@@H]3[C@]21CO. The van der Waals surface area contributed by atoms with Crippen molar-refractivity contribution < 1.29 is 14.6 Å². The molecule has 3 nitrogen and oxygen atoms in total. The van der Waals surface area contributed by atoms with Crippen molar-refractivity contribution in [3.63, 3.8) is 0 Å². The third-order valence-electron chi connectivity index (χ3n) is 9.12. The molecule has 0 radical (unpaired) electrons. The Labute approximate surface area is 178 Å². The summed E-state index contributed by atoms with van der Waals surface area (Å²) in [7, 11) is 0. The van der Waals surface area contributed by atoms with Crippen molar-refractivity contribution >= 4 is 0 Å². The van der Waals surface area contributed by atoms with Gasteiger partial charge in [0.05, 0.1) is 24.2 Å². The van der Waals surface area contributed by atoms with Gasteiger partial charge in [0, 0.05) is 6.42 Å². The summed E-state index contributed by atoms with van der Waals surface area (Å²) in [6.45, 7) is 13.6. The van der Waals surface area contributed by atoms with Crippen LogP contribution in [0.15, 0.2) is 11.6 Å². The molecule has 0 amide bonds. The quantitative estimate of drug-likeness (QED) is 0.444. The van der Waals surface area contributed by atoms with Crippen LogP contribution in [0.5, 0.6) is 0 Å². The van der Waals surface area contributed by atoms with Crippen LogP contribution in [0.25, 0.3) is 0 Å². The fraction of sp³-hybridized carbons (Fsp3) is 0.923. The van der Waals surface area contributed by atoms with Crippen LogP contribution >= 0.6 is 0 Å². The molecular weight excluding hydrogens is 360 g/mol. The average Bonchev–Trinajstić information content (AvgIpc) is 3.02. The Morgan fingerprint density at radius 1 is 1.00 bits per heavy atom. The van der Waals surface area contributed by atoms with Crippen molar-refractivity contribution in [3.8, 4) is 0 Å². The summed E-state index contributed by atoms with van der Waals surface area (Å²) in [4.78, 5) is 0. The third kappa shape index (κ3) is 3.17. The Balaban J connectivity index is 1.86. The summed E-state index contributed by atoms with van der Waals surface area (Å²) in [6, 6.07) is 0. The Kier molecular flexibility index (Phi) is 5.75. The van der Waals surface area contributed by atoms with E-state index >= 15 is 0 Å². The van der Waals surface area contributed by atoms with E-state index in [9.17, 15) is 5.11 Å². The van der Waals surface area contributed by atoms with E-state index in [1.807, 2.05) is 0 Å². The zero-order valence-electron chi connectivity index (χ0n) is 19.7. The van der Waals surface area contributed by atoms with Crippen LogP contribution in [0.3, 0.4) is 0 Å². The Bertz CT molecular complexity index is 628. The smallest absolute Gasteiger partial charge is 0.180 e. The lowest BCUT2D eigenvalue weighted by molar-refractivity contribution is -0.351. The van der Waals surface area contributed by atoms with Gasteiger partial charge in [0.15, 0.2) is 5.79 Å². The number of hydrogen-bond donors (Lipinski definition) is 1. The molecule has 0 aromatic carbocycles. The fourth-order valence-corrected chi connectivity index (χ4v) is 8.33. The molecule has 0 aromatic heterocycles. The maximum Gasteiger partial charge on any atom is 0.180 e. The first-order chi connectivity index (χ1) is 13.7. The van der Waals surface area contributed by atoms with Crippen LogP contribution in [-0.4, -0.2) is 29.7 Å². The molecule has 4 rings (SSSR count). The van der Waals surface area contributed by atoms with Crippen molar-refractivity contribution in [3.05, 3.63) is 11.6 Å². The Hall–Kier alpha value is -0.380. The van der Waals surface area contributed by atoms with Crippen LogP contribution in [-0.2, 0) is 9.47 Å². The molecule has 4 aliphatic carbocycles. The van der Waals surface area contributed by atoms with Gasteiger partial charge in [-0.05, 0) is 95.3 Å². The molecule has 0 aliphatic heterocycles. The molecule has 6 atom stereocenters. The van der Waals surface area contributed by atoms with Crippen molar-refractivity contribution in [1.29, 1.82) is 0 Å². The normalized spacial score (nSPS) is 43.7. The standard InChI is InChI=1S/C26H44O3/c1-17(2)28-26(29-18(3)4)13-7-9-20-15-19(5)23-21-10-8-12-24(21,6)14-11-22(23)25(20,26)16-27/h15,17-19,21-23,27H,7-14,16H2,1-6H3/t19-,21+,22+,23+,24+,25+/m1/s1. The van der Waals surface area contributed by atoms with Gasteiger partial charge in [0.1, 0.15) is 0 Å². The molecule has 0 bridgehead atoms. The second kappa shape index (κ2) is 7.64. The minimum absolute atomic E-state index is 0.0784. The van der Waals surface area contributed by atoms with Crippen molar-refractivity contribution in [2.24, 2.45) is 34.5 Å². The number of ether oxygens (including phenoxy) is 2. The maximum atomic E-state index is 11.2. The highest BCUT2D eigenvalue weighted by Crippen LogP contribution is 2.68. The number of aliphatic hydroxyl groups is 1. The van der Waals surface area contributed by atoms with Gasteiger partial charge in [-0.25, -0.2) is 0 Å². The summed E-state index contributed by atoms with van der Waals surface area (Å²) in [5, 5.41) is 11.2. The molecule has 0 heterocycles. The van der Waals surface area contributed by atoms with Gasteiger partial charge in [-0.3, -0.25) is 0 Å². The average molecular weight is 405 g/mol. The summed E-state index contributed by atoms with van der Waals surface area (Å²) < 4.78 is 13.5. The molecule has 0 unspecified atom stereocenters. The summed E-state index contributed by atoms with van der Waals surface area (Å²) in [6.07, 6.45) is 12.4. The van der Waals surface area contributed by atoms with Crippen molar-refractivity contribution in [2.45, 2.75) is 111 Å². The van der Waals surface area contributed by atoms with Gasteiger partial charge >= 0.3 is 0 Å². The van der Waals surface area contributed by atoms with E-state index < -0.39 is 5.79 Å². The van der Waals surface area contributed by atoms with E-state index in [0.717, 1.165) is 25.2 Å². The first-order valence-electron chi connectivity index (χ1n) is 12.4. The topological polar surface area (TPSA) is 38.7 Å². The lowest BCUT2D eigenvalue weighted by Gasteiger charge is -2.64. The number of aliphatic hydroxyl groups excluding tert-OH is 1. The maximum absolute atomic E-state index is 11.2. The van der Waals surface area contributed by atoms with E-state index in [2.05, 4.69) is 47.6 Å². The van der Waals surface area contributed by atoms with Gasteiger partial charge in [-0.2, -0.15) is 0 Å². The molecular formula is C26H44O3. The zero-order valence-corrected chi connectivity index (χ0v) is 19.7. The van der Waals surface area contributed by atoms with E-state index in [4.69, 9.17) is 9.47 Å². The fourth-order valence-electron chi connectivity index (χ4n) is 8.33.